The van der Waals surface area contributed by atoms with Gasteiger partial charge >= 0.3 is 21.3 Å². The number of nitrogens with zero attached hydrogens (tertiary/aromatic N) is 1. The molecule has 1 aromatic heterocycles. The van der Waals surface area contributed by atoms with E-state index in [1.54, 1.807) is 0 Å². The number of hydrogen-bond acceptors (Lipinski definition) is 20. The van der Waals surface area contributed by atoms with Gasteiger partial charge in [-0.15, -0.1) is 0 Å². The number of H-pyrrole nitrogens is 1. The van der Waals surface area contributed by atoms with Gasteiger partial charge in [-0.3, -0.25) is 33.0 Å². The van der Waals surface area contributed by atoms with Crippen molar-refractivity contribution in [3.8, 4) is 0 Å². The summed E-state index contributed by atoms with van der Waals surface area (Å²) in [5.41, 5.74) is -1.82. The normalized spacial score (nSPS) is 38.4. The van der Waals surface area contributed by atoms with E-state index >= 15 is 0 Å². The lowest BCUT2D eigenvalue weighted by Gasteiger charge is -2.48. The average Bonchev–Trinajstić information content (AvgIpc) is 3.33. The number of hydrogen-bond donors (Lipinski definition) is 12. The van der Waals surface area contributed by atoms with Gasteiger partial charge in [0.25, 0.3) is 5.56 Å². The summed E-state index contributed by atoms with van der Waals surface area (Å²) < 4.78 is 62.0. The standard InChI is InChI=1S/C25H40N4O22P2/c1-8(32)26-14-18(37)16(35)10(5-30)47-23(14)49-21-11(6-31)48-24(15(19(21)38)27-9(2)33)50-53(43,44)51-52(41,42)45-7-12-17(36)20(39)22(46-12)29-4-3-13(34)28-25(29)40/h3-4,10-12,14-24,30-31,35-39H,5-7H2,1-2H3,(H,26,32)(H,27,33)(H,41,42)(H,43,44)(H,28,34,40)/t10?,11?,12-,14?,15?,16?,17-,18?,19?,20-,21?,22-,23?,24?/m1/s1. The molecule has 28 heteroatoms. The zero-order valence-electron chi connectivity index (χ0n) is 27.5. The Morgan fingerprint density at radius 3 is 1.94 bits per heavy atom. The Bertz CT molecular complexity index is 1660. The van der Waals surface area contributed by atoms with Crippen molar-refractivity contribution in [2.45, 2.75) is 99.7 Å². The topological polar surface area (TPSA) is 394 Å². The highest BCUT2D eigenvalue weighted by molar-refractivity contribution is 7.61. The van der Waals surface area contributed by atoms with Crippen LogP contribution in [0.3, 0.4) is 0 Å². The Morgan fingerprint density at radius 2 is 1.38 bits per heavy atom. The van der Waals surface area contributed by atoms with E-state index < -0.39 is 144 Å². The Morgan fingerprint density at radius 1 is 0.811 bits per heavy atom. The summed E-state index contributed by atoms with van der Waals surface area (Å²) >= 11 is 0. The van der Waals surface area contributed by atoms with Crippen LogP contribution < -0.4 is 21.9 Å². The summed E-state index contributed by atoms with van der Waals surface area (Å²) in [4.78, 5) is 69.8. The van der Waals surface area contributed by atoms with Gasteiger partial charge in [0, 0.05) is 26.1 Å². The fourth-order valence-electron chi connectivity index (χ4n) is 5.65. The molecule has 0 spiro atoms. The molecule has 4 heterocycles. The summed E-state index contributed by atoms with van der Waals surface area (Å²) in [5, 5.41) is 76.8. The highest BCUT2D eigenvalue weighted by atomic mass is 31.3. The van der Waals surface area contributed by atoms with Crippen molar-refractivity contribution < 1.29 is 96.6 Å². The highest BCUT2D eigenvalue weighted by Gasteiger charge is 2.54. The lowest BCUT2D eigenvalue weighted by atomic mass is 9.94. The number of carbonyl (C=O) groups excluding carboxylic acids is 2. The van der Waals surface area contributed by atoms with Crippen molar-refractivity contribution in [1.29, 1.82) is 0 Å². The molecule has 302 valence electrons. The van der Waals surface area contributed by atoms with Crippen molar-refractivity contribution in [3.63, 3.8) is 0 Å². The van der Waals surface area contributed by atoms with E-state index in [-0.39, 0.29) is 0 Å². The van der Waals surface area contributed by atoms with E-state index in [4.69, 9.17) is 23.5 Å². The first kappa shape index (κ1) is 43.2. The van der Waals surface area contributed by atoms with Gasteiger partial charge in [0.05, 0.1) is 19.8 Å². The van der Waals surface area contributed by atoms with Gasteiger partial charge in [0.15, 0.2) is 18.8 Å². The Labute approximate surface area is 297 Å². The van der Waals surface area contributed by atoms with Gasteiger partial charge in [-0.25, -0.2) is 13.9 Å². The van der Waals surface area contributed by atoms with Gasteiger partial charge in [0.2, 0.25) is 11.8 Å². The first-order chi connectivity index (χ1) is 24.7. The van der Waals surface area contributed by atoms with E-state index in [2.05, 4.69) is 19.5 Å². The quantitative estimate of drug-likeness (QED) is 0.0777. The summed E-state index contributed by atoms with van der Waals surface area (Å²) in [6.07, 6.45) is -20.6. The van der Waals surface area contributed by atoms with Crippen LogP contribution in [0.5, 0.6) is 0 Å². The van der Waals surface area contributed by atoms with Crippen LogP contribution in [-0.4, -0.2) is 166 Å². The number of aromatic nitrogens is 2. The molecular formula is C25H40N4O22P2. The summed E-state index contributed by atoms with van der Waals surface area (Å²) in [6.45, 7) is -1.01. The predicted octanol–water partition coefficient (Wildman–Crippen LogP) is -6.68. The van der Waals surface area contributed by atoms with Crippen LogP contribution >= 0.6 is 15.6 Å². The van der Waals surface area contributed by atoms with Gasteiger partial charge in [-0.1, -0.05) is 0 Å². The largest absolute Gasteiger partial charge is 0.483 e. The molecular weight excluding hydrogens is 770 g/mol. The third-order valence-electron chi connectivity index (χ3n) is 8.07. The summed E-state index contributed by atoms with van der Waals surface area (Å²) in [7, 11) is -11.5. The molecule has 3 saturated heterocycles. The minimum Gasteiger partial charge on any atom is -0.394 e. The molecule has 53 heavy (non-hydrogen) atoms. The molecule has 16 atom stereocenters. The minimum absolute atomic E-state index is 0.697. The van der Waals surface area contributed by atoms with E-state index in [1.807, 2.05) is 4.98 Å². The third-order valence-corrected chi connectivity index (χ3v) is 10.7. The van der Waals surface area contributed by atoms with Crippen LogP contribution in [0.1, 0.15) is 20.1 Å². The van der Waals surface area contributed by atoms with Crippen molar-refractivity contribution in [2.75, 3.05) is 19.8 Å². The van der Waals surface area contributed by atoms with Crippen molar-refractivity contribution >= 4 is 27.5 Å². The second kappa shape index (κ2) is 17.5. The fraction of sp³-hybridized carbons (Fsp3) is 0.760. The second-order valence-corrected chi connectivity index (χ2v) is 15.0. The average molecular weight is 811 g/mol. The molecule has 0 saturated carbocycles. The van der Waals surface area contributed by atoms with E-state index in [0.29, 0.717) is 4.57 Å². The molecule has 0 bridgehead atoms. The number of aromatic amines is 1. The minimum atomic E-state index is -5.84. The Hall–Kier alpha value is -2.56. The van der Waals surface area contributed by atoms with Crippen molar-refractivity contribution in [3.05, 3.63) is 33.1 Å². The fourth-order valence-corrected chi connectivity index (χ4v) is 7.82. The summed E-state index contributed by atoms with van der Waals surface area (Å²) in [5.74, 6) is -1.63. The number of phosphoric ester groups is 2. The first-order valence-electron chi connectivity index (χ1n) is 15.5. The molecule has 26 nitrogen and oxygen atoms in total. The monoisotopic (exact) mass is 810 g/mol. The SMILES string of the molecule is CC(=O)NC1C(OC2C(CO)OC(OP(=O)(O)OP(=O)(O)OC[C@H]3O[C@@H](n4ccc(=O)[nH]c4=O)[C@H](O)[C@@H]3O)C(NC(C)=O)C2O)OC(CO)C(O)C1O. The van der Waals surface area contributed by atoms with E-state index in [9.17, 15) is 73.8 Å². The second-order valence-electron chi connectivity index (χ2n) is 12.0. The number of rotatable bonds is 14. The number of carbonyl (C=O) groups is 2. The molecule has 1 aromatic rings. The van der Waals surface area contributed by atoms with Crippen LogP contribution in [-0.2, 0) is 51.0 Å². The zero-order valence-corrected chi connectivity index (χ0v) is 29.3. The maximum Gasteiger partial charge on any atom is 0.483 e. The lowest BCUT2D eigenvalue weighted by Crippen LogP contribution is -2.69. The molecule has 0 radical (unpaired) electrons. The number of nitrogens with one attached hydrogen (secondary N) is 3. The van der Waals surface area contributed by atoms with Gasteiger partial charge in [-0.05, 0) is 0 Å². The molecule has 3 aliphatic rings. The molecule has 0 aromatic carbocycles. The van der Waals surface area contributed by atoms with Crippen molar-refractivity contribution in [2.24, 2.45) is 0 Å². The smallest absolute Gasteiger partial charge is 0.394 e. The first-order valence-corrected chi connectivity index (χ1v) is 18.5. The van der Waals surface area contributed by atoms with E-state index in [1.165, 1.54) is 0 Å². The van der Waals surface area contributed by atoms with Crippen LogP contribution in [0, 0.1) is 0 Å². The summed E-state index contributed by atoms with van der Waals surface area (Å²) in [6, 6.07) is -2.53. The lowest BCUT2D eigenvalue weighted by molar-refractivity contribution is -0.325. The number of aliphatic hydroxyl groups excluding tert-OH is 7. The third kappa shape index (κ3) is 10.4. The van der Waals surface area contributed by atoms with E-state index in [0.717, 1.165) is 26.1 Å². The molecule has 3 aliphatic heterocycles. The maximum atomic E-state index is 12.9. The van der Waals surface area contributed by atoms with Gasteiger partial charge in [0.1, 0.15) is 67.0 Å². The molecule has 2 amide bonds. The molecule has 12 unspecified atom stereocenters. The van der Waals surface area contributed by atoms with Crippen LogP contribution in [0.2, 0.25) is 0 Å². The number of aliphatic hydroxyl groups is 7. The van der Waals surface area contributed by atoms with Gasteiger partial charge < -0.3 is 75.1 Å². The highest BCUT2D eigenvalue weighted by Crippen LogP contribution is 2.61. The number of amides is 2. The van der Waals surface area contributed by atoms with Crippen LogP contribution in [0.4, 0.5) is 0 Å². The molecule has 12 N–H and O–H groups in total. The predicted molar refractivity (Wildman–Crippen MR) is 165 cm³/mol. The number of phosphoric acid groups is 2. The maximum absolute atomic E-state index is 12.9. The Kier molecular flexibility index (Phi) is 14.2. The Balaban J connectivity index is 1.46. The van der Waals surface area contributed by atoms with Crippen LogP contribution in [0.25, 0.3) is 0 Å². The van der Waals surface area contributed by atoms with Crippen molar-refractivity contribution in [1.82, 2.24) is 20.2 Å². The molecule has 4 rings (SSSR count). The molecule has 0 aliphatic carbocycles. The van der Waals surface area contributed by atoms with Gasteiger partial charge in [-0.2, -0.15) is 4.31 Å². The molecule has 3 fully saturated rings. The zero-order chi connectivity index (χ0) is 39.6. The number of ether oxygens (including phenoxy) is 4. The van der Waals surface area contributed by atoms with Crippen LogP contribution in [0.15, 0.2) is 21.9 Å².